The number of nitrogens with one attached hydrogen (secondary N) is 1. The summed E-state index contributed by atoms with van der Waals surface area (Å²) < 4.78 is 27.6. The molecule has 0 aliphatic rings. The largest absolute Gasteiger partial charge is 0.242 e. The maximum atomic E-state index is 12.5. The summed E-state index contributed by atoms with van der Waals surface area (Å²) in [7, 11) is -3.77. The Kier molecular flexibility index (Phi) is 5.46. The third kappa shape index (κ3) is 4.22. The van der Waals surface area contributed by atoms with E-state index in [9.17, 15) is 8.42 Å². The van der Waals surface area contributed by atoms with Gasteiger partial charge in [0.15, 0.2) is 0 Å². The number of benzene rings is 2. The molecule has 0 radical (unpaired) electrons. The van der Waals surface area contributed by atoms with E-state index < -0.39 is 10.0 Å². The number of thiazole rings is 1. The van der Waals surface area contributed by atoms with Crippen LogP contribution in [0.4, 0.5) is 0 Å². The molecule has 0 fully saturated rings. The molecule has 0 spiro atoms. The van der Waals surface area contributed by atoms with Crippen LogP contribution in [0.2, 0.25) is 10.0 Å². The molecule has 25 heavy (non-hydrogen) atoms. The molecule has 0 saturated heterocycles. The molecule has 8 heteroatoms. The van der Waals surface area contributed by atoms with Crippen molar-refractivity contribution in [3.63, 3.8) is 0 Å². The van der Waals surface area contributed by atoms with E-state index >= 15 is 0 Å². The Morgan fingerprint density at radius 2 is 1.84 bits per heavy atom. The highest BCUT2D eigenvalue weighted by Gasteiger charge is 2.19. The third-order valence-corrected chi connectivity index (χ3v) is 6.84. The second-order valence-electron chi connectivity index (χ2n) is 5.29. The number of aryl methyl sites for hydroxylation is 1. The van der Waals surface area contributed by atoms with Crippen molar-refractivity contribution in [3.8, 4) is 10.6 Å². The summed E-state index contributed by atoms with van der Waals surface area (Å²) in [5.74, 6) is 0. The first kappa shape index (κ1) is 18.4. The molecule has 4 nitrogen and oxygen atoms in total. The van der Waals surface area contributed by atoms with E-state index in [0.29, 0.717) is 5.02 Å². The molecule has 0 bridgehead atoms. The lowest BCUT2D eigenvalue weighted by molar-refractivity contribution is 0.581. The highest BCUT2D eigenvalue weighted by Crippen LogP contribution is 2.29. The van der Waals surface area contributed by atoms with Crippen molar-refractivity contribution in [3.05, 3.63) is 69.1 Å². The van der Waals surface area contributed by atoms with Crippen molar-refractivity contribution < 1.29 is 8.42 Å². The molecule has 0 amide bonds. The van der Waals surface area contributed by atoms with Gasteiger partial charge in [0.05, 0.1) is 10.7 Å². The molecule has 0 unspecified atom stereocenters. The van der Waals surface area contributed by atoms with E-state index in [1.807, 2.05) is 37.3 Å². The van der Waals surface area contributed by atoms with Gasteiger partial charge in [-0.05, 0) is 25.1 Å². The Bertz CT molecular complexity index is 1000. The molecule has 130 valence electrons. The minimum atomic E-state index is -3.77. The van der Waals surface area contributed by atoms with Crippen molar-refractivity contribution >= 4 is 44.6 Å². The molecule has 1 aromatic heterocycles. The molecule has 0 atom stereocenters. The van der Waals surface area contributed by atoms with Gasteiger partial charge in [0.2, 0.25) is 10.0 Å². The molecule has 0 saturated carbocycles. The number of nitrogens with zero attached hydrogens (tertiary/aromatic N) is 1. The molecule has 1 N–H and O–H groups in total. The van der Waals surface area contributed by atoms with Crippen LogP contribution in [0.3, 0.4) is 0 Å². The highest BCUT2D eigenvalue weighted by molar-refractivity contribution is 7.89. The van der Waals surface area contributed by atoms with Crippen molar-refractivity contribution in [1.82, 2.24) is 9.71 Å². The van der Waals surface area contributed by atoms with Gasteiger partial charge in [0.1, 0.15) is 9.90 Å². The van der Waals surface area contributed by atoms with Crippen molar-refractivity contribution in [2.75, 3.05) is 0 Å². The van der Waals surface area contributed by atoms with Crippen LogP contribution >= 0.6 is 34.5 Å². The molecule has 0 aliphatic heterocycles. The van der Waals surface area contributed by atoms with Gasteiger partial charge in [-0.2, -0.15) is 0 Å². The number of hydrogen-bond donors (Lipinski definition) is 1. The zero-order valence-electron chi connectivity index (χ0n) is 13.2. The van der Waals surface area contributed by atoms with Crippen LogP contribution in [-0.2, 0) is 16.6 Å². The zero-order chi connectivity index (χ0) is 18.0. The Labute approximate surface area is 160 Å². The molecule has 3 aromatic rings. The summed E-state index contributed by atoms with van der Waals surface area (Å²) in [5, 5.41) is 1.29. The topological polar surface area (TPSA) is 59.1 Å². The fourth-order valence-corrected chi connectivity index (χ4v) is 5.07. The summed E-state index contributed by atoms with van der Waals surface area (Å²) in [4.78, 5) is 5.34. The number of hydrogen-bond acceptors (Lipinski definition) is 4. The van der Waals surface area contributed by atoms with E-state index in [1.165, 1.54) is 23.5 Å². The molecule has 0 aliphatic carbocycles. The summed E-state index contributed by atoms with van der Waals surface area (Å²) in [5.41, 5.74) is 1.80. The third-order valence-electron chi connectivity index (χ3n) is 3.52. The first-order valence-electron chi connectivity index (χ1n) is 7.33. The van der Waals surface area contributed by atoms with Gasteiger partial charge in [0.25, 0.3) is 0 Å². The standard InChI is InChI=1S/C17H14Cl2N2O2S2/c1-11-15(24-17(21-11)12-5-3-2-4-6-12)10-20-25(22,23)16-9-13(18)7-8-14(16)19/h2-9,20H,10H2,1H3. The maximum absolute atomic E-state index is 12.5. The smallest absolute Gasteiger partial charge is 0.241 e. The van der Waals surface area contributed by atoms with Crippen LogP contribution < -0.4 is 4.72 Å². The fourth-order valence-electron chi connectivity index (χ4n) is 2.22. The highest BCUT2D eigenvalue weighted by atomic mass is 35.5. The SMILES string of the molecule is Cc1nc(-c2ccccc2)sc1CNS(=O)(=O)c1cc(Cl)ccc1Cl. The summed E-state index contributed by atoms with van der Waals surface area (Å²) in [6, 6.07) is 14.1. The van der Waals surface area contributed by atoms with Gasteiger partial charge in [-0.1, -0.05) is 53.5 Å². The quantitative estimate of drug-likeness (QED) is 0.647. The van der Waals surface area contributed by atoms with Gasteiger partial charge in [-0.25, -0.2) is 18.1 Å². The van der Waals surface area contributed by atoms with Gasteiger partial charge < -0.3 is 0 Å². The Hall–Kier alpha value is -1.44. The Morgan fingerprint density at radius 1 is 1.12 bits per heavy atom. The van der Waals surface area contributed by atoms with Crippen molar-refractivity contribution in [2.24, 2.45) is 0 Å². The maximum Gasteiger partial charge on any atom is 0.242 e. The van der Waals surface area contributed by atoms with Crippen molar-refractivity contribution in [1.29, 1.82) is 0 Å². The van der Waals surface area contributed by atoms with Gasteiger partial charge >= 0.3 is 0 Å². The molecular weight excluding hydrogens is 399 g/mol. The minimum absolute atomic E-state index is 0.0351. The first-order valence-corrected chi connectivity index (χ1v) is 10.4. The molecule has 2 aromatic carbocycles. The lowest BCUT2D eigenvalue weighted by Gasteiger charge is -2.08. The normalized spacial score (nSPS) is 11.6. The predicted molar refractivity (Wildman–Crippen MR) is 103 cm³/mol. The van der Waals surface area contributed by atoms with Crippen LogP contribution in [0.15, 0.2) is 53.4 Å². The Morgan fingerprint density at radius 3 is 2.56 bits per heavy atom. The summed E-state index contributed by atoms with van der Waals surface area (Å²) >= 11 is 13.3. The monoisotopic (exact) mass is 412 g/mol. The second-order valence-corrected chi connectivity index (χ2v) is 8.96. The average molecular weight is 413 g/mol. The van der Waals surface area contributed by atoms with Crippen LogP contribution in [0.25, 0.3) is 10.6 Å². The van der Waals surface area contributed by atoms with Gasteiger partial charge in [0, 0.05) is 22.0 Å². The number of rotatable bonds is 5. The second kappa shape index (κ2) is 7.43. The van der Waals surface area contributed by atoms with E-state index in [-0.39, 0.29) is 16.5 Å². The van der Waals surface area contributed by atoms with E-state index in [4.69, 9.17) is 23.2 Å². The minimum Gasteiger partial charge on any atom is -0.241 e. The van der Waals surface area contributed by atoms with Crippen molar-refractivity contribution in [2.45, 2.75) is 18.4 Å². The van der Waals surface area contributed by atoms with E-state index in [2.05, 4.69) is 9.71 Å². The number of aromatic nitrogens is 1. The first-order chi connectivity index (χ1) is 11.9. The fraction of sp³-hybridized carbons (Fsp3) is 0.118. The van der Waals surface area contributed by atoms with E-state index in [1.54, 1.807) is 6.07 Å². The van der Waals surface area contributed by atoms with Crippen LogP contribution in [-0.4, -0.2) is 13.4 Å². The average Bonchev–Trinajstić information content (AvgIpc) is 2.97. The van der Waals surface area contributed by atoms with Crippen LogP contribution in [0.5, 0.6) is 0 Å². The number of halogens is 2. The molecule has 3 rings (SSSR count). The lowest BCUT2D eigenvalue weighted by Crippen LogP contribution is -2.23. The summed E-state index contributed by atoms with van der Waals surface area (Å²) in [6.45, 7) is 2.00. The number of sulfonamides is 1. The van der Waals surface area contributed by atoms with Gasteiger partial charge in [-0.3, -0.25) is 0 Å². The van der Waals surface area contributed by atoms with Gasteiger partial charge in [-0.15, -0.1) is 11.3 Å². The van der Waals surface area contributed by atoms with E-state index in [0.717, 1.165) is 21.1 Å². The van der Waals surface area contributed by atoms with Crippen LogP contribution in [0.1, 0.15) is 10.6 Å². The molecule has 1 heterocycles. The Balaban J connectivity index is 1.82. The summed E-state index contributed by atoms with van der Waals surface area (Å²) in [6.07, 6.45) is 0. The zero-order valence-corrected chi connectivity index (χ0v) is 16.3. The van der Waals surface area contributed by atoms with Crippen LogP contribution in [0, 0.1) is 6.92 Å². The predicted octanol–water partition coefficient (Wildman–Crippen LogP) is 4.90. The lowest BCUT2D eigenvalue weighted by atomic mass is 10.2. The molecular formula is C17H14Cl2N2O2S2.